The number of ether oxygens (including phenoxy) is 1. The van der Waals surface area contributed by atoms with Crippen LogP contribution in [0.1, 0.15) is 16.9 Å². The molecule has 2 atom stereocenters. The monoisotopic (exact) mass is 333 g/mol. The van der Waals surface area contributed by atoms with Crippen molar-refractivity contribution in [2.75, 3.05) is 13.7 Å². The molecule has 1 amide bonds. The molecule has 1 aromatic carbocycles. The molecule has 1 N–H and O–H groups in total. The Morgan fingerprint density at radius 1 is 1.29 bits per heavy atom. The van der Waals surface area contributed by atoms with Crippen LogP contribution < -0.4 is 0 Å². The number of carboxylic acids is 1. The highest BCUT2D eigenvalue weighted by Gasteiger charge is 2.40. The van der Waals surface area contributed by atoms with Crippen molar-refractivity contribution < 1.29 is 23.8 Å². The first kappa shape index (κ1) is 16.1. The van der Waals surface area contributed by atoms with Crippen molar-refractivity contribution in [3.05, 3.63) is 48.0 Å². The molecule has 2 aromatic rings. The van der Waals surface area contributed by atoms with Gasteiger partial charge in [-0.25, -0.2) is 13.9 Å². The second-order valence-electron chi connectivity index (χ2n) is 5.53. The molecule has 126 valence electrons. The minimum Gasteiger partial charge on any atom is -0.480 e. The Morgan fingerprint density at radius 3 is 2.62 bits per heavy atom. The van der Waals surface area contributed by atoms with Crippen molar-refractivity contribution in [2.24, 2.45) is 0 Å². The van der Waals surface area contributed by atoms with Gasteiger partial charge in [0.15, 0.2) is 5.69 Å². The SMILES string of the molecule is COC1CC(C(=O)O)N(C(=O)c2ccn(-c3ccc(F)cc3)n2)C1. The first-order chi connectivity index (χ1) is 11.5. The van der Waals surface area contributed by atoms with Gasteiger partial charge >= 0.3 is 5.97 Å². The van der Waals surface area contributed by atoms with Crippen LogP contribution in [0.15, 0.2) is 36.5 Å². The maximum absolute atomic E-state index is 13.0. The third kappa shape index (κ3) is 3.00. The van der Waals surface area contributed by atoms with Gasteiger partial charge in [-0.2, -0.15) is 5.10 Å². The Labute approximate surface area is 137 Å². The second-order valence-corrected chi connectivity index (χ2v) is 5.53. The molecule has 0 radical (unpaired) electrons. The number of aromatic nitrogens is 2. The third-order valence-electron chi connectivity index (χ3n) is 4.04. The van der Waals surface area contributed by atoms with E-state index in [4.69, 9.17) is 4.74 Å². The molecule has 3 rings (SSSR count). The van der Waals surface area contributed by atoms with E-state index in [1.807, 2.05) is 0 Å². The van der Waals surface area contributed by atoms with Crippen molar-refractivity contribution in [1.82, 2.24) is 14.7 Å². The lowest BCUT2D eigenvalue weighted by atomic mass is 10.2. The normalized spacial score (nSPS) is 20.3. The zero-order chi connectivity index (χ0) is 17.3. The van der Waals surface area contributed by atoms with E-state index >= 15 is 0 Å². The van der Waals surface area contributed by atoms with E-state index in [1.165, 1.54) is 47.0 Å². The van der Waals surface area contributed by atoms with Gasteiger partial charge < -0.3 is 14.7 Å². The fourth-order valence-corrected chi connectivity index (χ4v) is 2.75. The summed E-state index contributed by atoms with van der Waals surface area (Å²) >= 11 is 0. The number of rotatable bonds is 4. The number of carbonyl (C=O) groups excluding carboxylic acids is 1. The lowest BCUT2D eigenvalue weighted by Gasteiger charge is -2.19. The maximum atomic E-state index is 13.0. The van der Waals surface area contributed by atoms with Crippen molar-refractivity contribution in [3.8, 4) is 5.69 Å². The molecule has 7 nitrogen and oxygen atoms in total. The summed E-state index contributed by atoms with van der Waals surface area (Å²) in [4.78, 5) is 25.2. The summed E-state index contributed by atoms with van der Waals surface area (Å²) in [6.07, 6.45) is 1.50. The average Bonchev–Trinajstić information content (AvgIpc) is 3.22. The van der Waals surface area contributed by atoms with Crippen LogP contribution >= 0.6 is 0 Å². The number of aliphatic carboxylic acids is 1. The molecule has 0 bridgehead atoms. The number of methoxy groups -OCH3 is 1. The number of likely N-dealkylation sites (tertiary alicyclic amines) is 1. The van der Waals surface area contributed by atoms with Gasteiger partial charge in [-0.15, -0.1) is 0 Å². The summed E-state index contributed by atoms with van der Waals surface area (Å²) in [5, 5.41) is 13.5. The molecular formula is C16H16FN3O4. The molecule has 8 heteroatoms. The van der Waals surface area contributed by atoms with E-state index < -0.39 is 17.9 Å². The number of nitrogens with zero attached hydrogens (tertiary/aromatic N) is 3. The van der Waals surface area contributed by atoms with Crippen LogP contribution in [0.3, 0.4) is 0 Å². The van der Waals surface area contributed by atoms with Crippen molar-refractivity contribution in [1.29, 1.82) is 0 Å². The standard InChI is InChI=1S/C16H16FN3O4/c1-24-12-8-14(16(22)23)19(9-12)15(21)13-6-7-20(18-13)11-4-2-10(17)3-5-11/h2-7,12,14H,8-9H2,1H3,(H,22,23). The van der Waals surface area contributed by atoms with Gasteiger partial charge in [-0.1, -0.05) is 0 Å². The molecule has 24 heavy (non-hydrogen) atoms. The molecule has 1 aliphatic heterocycles. The van der Waals surface area contributed by atoms with Crippen LogP contribution in [0.2, 0.25) is 0 Å². The molecule has 1 aliphatic rings. The number of carboxylic acid groups (broad SMARTS) is 1. The molecule has 2 unspecified atom stereocenters. The molecule has 1 fully saturated rings. The summed E-state index contributed by atoms with van der Waals surface area (Å²) in [7, 11) is 1.49. The van der Waals surface area contributed by atoms with Crippen LogP contribution in [0.4, 0.5) is 4.39 Å². The Morgan fingerprint density at radius 2 is 2.00 bits per heavy atom. The molecule has 0 saturated carbocycles. The molecular weight excluding hydrogens is 317 g/mol. The van der Waals surface area contributed by atoms with Gasteiger partial charge in [-0.05, 0) is 30.3 Å². The summed E-state index contributed by atoms with van der Waals surface area (Å²) in [6.45, 7) is 0.204. The largest absolute Gasteiger partial charge is 0.480 e. The van der Waals surface area contributed by atoms with Crippen LogP contribution in [-0.4, -0.2) is 57.5 Å². The Hall–Kier alpha value is -2.74. The number of hydrogen-bond acceptors (Lipinski definition) is 4. The van der Waals surface area contributed by atoms with Gasteiger partial charge in [0, 0.05) is 26.3 Å². The fraction of sp³-hybridized carbons (Fsp3) is 0.312. The fourth-order valence-electron chi connectivity index (χ4n) is 2.75. The first-order valence-corrected chi connectivity index (χ1v) is 7.38. The van der Waals surface area contributed by atoms with Gasteiger partial charge in [0.1, 0.15) is 11.9 Å². The summed E-state index contributed by atoms with van der Waals surface area (Å²) < 4.78 is 19.6. The number of benzene rings is 1. The van der Waals surface area contributed by atoms with Crippen molar-refractivity contribution in [3.63, 3.8) is 0 Å². The van der Waals surface area contributed by atoms with Crippen molar-refractivity contribution in [2.45, 2.75) is 18.6 Å². The van der Waals surface area contributed by atoms with Crippen LogP contribution in [0.5, 0.6) is 0 Å². The molecule has 0 spiro atoms. The minimum atomic E-state index is -1.07. The molecule has 0 aliphatic carbocycles. The van der Waals surface area contributed by atoms with Gasteiger partial charge in [0.2, 0.25) is 0 Å². The lowest BCUT2D eigenvalue weighted by Crippen LogP contribution is -2.40. The quantitative estimate of drug-likeness (QED) is 0.912. The highest BCUT2D eigenvalue weighted by atomic mass is 19.1. The highest BCUT2D eigenvalue weighted by molar-refractivity contribution is 5.95. The number of carbonyl (C=O) groups is 2. The number of halogens is 1. The predicted octanol–water partition coefficient (Wildman–Crippen LogP) is 1.33. The smallest absolute Gasteiger partial charge is 0.326 e. The summed E-state index contributed by atoms with van der Waals surface area (Å²) in [5.41, 5.74) is 0.726. The van der Waals surface area contributed by atoms with E-state index in [2.05, 4.69) is 5.10 Å². The highest BCUT2D eigenvalue weighted by Crippen LogP contribution is 2.22. The zero-order valence-corrected chi connectivity index (χ0v) is 12.9. The van der Waals surface area contributed by atoms with Crippen LogP contribution in [0, 0.1) is 5.82 Å². The van der Waals surface area contributed by atoms with E-state index in [9.17, 15) is 19.1 Å². The summed E-state index contributed by atoms with van der Waals surface area (Å²) in [6, 6.07) is 6.23. The van der Waals surface area contributed by atoms with Crippen molar-refractivity contribution >= 4 is 11.9 Å². The average molecular weight is 333 g/mol. The number of hydrogen-bond donors (Lipinski definition) is 1. The van der Waals surface area contributed by atoms with Crippen LogP contribution in [0.25, 0.3) is 5.69 Å². The maximum Gasteiger partial charge on any atom is 0.326 e. The Kier molecular flexibility index (Phi) is 4.30. The van der Waals surface area contributed by atoms with E-state index in [-0.39, 0.29) is 30.6 Å². The van der Waals surface area contributed by atoms with Crippen LogP contribution in [-0.2, 0) is 9.53 Å². The zero-order valence-electron chi connectivity index (χ0n) is 12.9. The molecule has 2 heterocycles. The van der Waals surface area contributed by atoms with Gasteiger partial charge in [0.25, 0.3) is 5.91 Å². The Balaban J connectivity index is 1.82. The van der Waals surface area contributed by atoms with Gasteiger partial charge in [-0.3, -0.25) is 4.79 Å². The van der Waals surface area contributed by atoms with E-state index in [0.717, 1.165) is 0 Å². The summed E-state index contributed by atoms with van der Waals surface area (Å²) in [5.74, 6) is -1.90. The Bertz CT molecular complexity index is 759. The van der Waals surface area contributed by atoms with E-state index in [1.54, 1.807) is 6.20 Å². The molecule has 1 aromatic heterocycles. The predicted molar refractivity (Wildman–Crippen MR) is 81.4 cm³/mol. The second kappa shape index (κ2) is 6.40. The lowest BCUT2D eigenvalue weighted by molar-refractivity contribution is -0.141. The van der Waals surface area contributed by atoms with Gasteiger partial charge in [0.05, 0.1) is 11.8 Å². The molecule has 1 saturated heterocycles. The topological polar surface area (TPSA) is 84.7 Å². The third-order valence-corrected chi connectivity index (χ3v) is 4.04. The van der Waals surface area contributed by atoms with E-state index in [0.29, 0.717) is 5.69 Å². The number of amides is 1. The first-order valence-electron chi connectivity index (χ1n) is 7.38. The minimum absolute atomic E-state index is 0.127.